The van der Waals surface area contributed by atoms with Gasteiger partial charge in [-0.15, -0.1) is 0 Å². The highest BCUT2D eigenvalue weighted by molar-refractivity contribution is 7.90. The number of nitrogens with one attached hydrogen (secondary N) is 2. The standard InChI is InChI=1S/C18H23N5O2S/c1-2-11-7-12(22-26(24,25)13-3-4-13)8-14(11)16-9-20-17-10-21-18-15(23(16)17)5-6-19-18/h5-6,9-14,19,22H,2-4,7-8H2,1H3/t11-,12+,14+/m0/s1. The highest BCUT2D eigenvalue weighted by Crippen LogP contribution is 2.43. The third-order valence-electron chi connectivity index (χ3n) is 5.96. The van der Waals surface area contributed by atoms with Gasteiger partial charge in [0.1, 0.15) is 0 Å². The lowest BCUT2D eigenvalue weighted by Crippen LogP contribution is -2.35. The minimum atomic E-state index is -3.15. The van der Waals surface area contributed by atoms with E-state index in [0.717, 1.165) is 54.6 Å². The maximum atomic E-state index is 12.3. The zero-order chi connectivity index (χ0) is 17.9. The largest absolute Gasteiger partial charge is 0.345 e. The minimum absolute atomic E-state index is 0.0182. The van der Waals surface area contributed by atoms with Gasteiger partial charge in [0.25, 0.3) is 0 Å². The van der Waals surface area contributed by atoms with E-state index in [1.165, 1.54) is 0 Å². The third-order valence-corrected chi connectivity index (χ3v) is 7.97. The monoisotopic (exact) mass is 373 g/mol. The fraction of sp³-hybridized carbons (Fsp3) is 0.556. The van der Waals surface area contributed by atoms with E-state index in [4.69, 9.17) is 0 Å². The van der Waals surface area contributed by atoms with Crippen LogP contribution in [0.25, 0.3) is 16.8 Å². The number of nitrogens with zero attached hydrogens (tertiary/aromatic N) is 3. The maximum absolute atomic E-state index is 12.3. The molecule has 0 aliphatic heterocycles. The van der Waals surface area contributed by atoms with Crippen molar-refractivity contribution in [2.24, 2.45) is 5.92 Å². The molecule has 0 bridgehead atoms. The molecule has 2 aliphatic rings. The van der Waals surface area contributed by atoms with Crippen LogP contribution in [0.4, 0.5) is 0 Å². The lowest BCUT2D eigenvalue weighted by atomic mass is 9.91. The minimum Gasteiger partial charge on any atom is -0.345 e. The van der Waals surface area contributed by atoms with E-state index < -0.39 is 10.0 Å². The summed E-state index contributed by atoms with van der Waals surface area (Å²) >= 11 is 0. The average molecular weight is 373 g/mol. The summed E-state index contributed by atoms with van der Waals surface area (Å²) in [6.07, 6.45) is 9.96. The molecule has 8 heteroatoms. The lowest BCUT2D eigenvalue weighted by Gasteiger charge is -2.17. The van der Waals surface area contributed by atoms with E-state index >= 15 is 0 Å². The smallest absolute Gasteiger partial charge is 0.214 e. The molecule has 138 valence electrons. The van der Waals surface area contributed by atoms with Crippen LogP contribution in [0, 0.1) is 5.92 Å². The van der Waals surface area contributed by atoms with Crippen molar-refractivity contribution in [3.05, 3.63) is 30.4 Å². The van der Waals surface area contributed by atoms with E-state index in [-0.39, 0.29) is 11.3 Å². The number of rotatable bonds is 5. The molecule has 3 aromatic rings. The number of aromatic nitrogens is 4. The topological polar surface area (TPSA) is 92.2 Å². The van der Waals surface area contributed by atoms with E-state index in [2.05, 4.69) is 31.0 Å². The summed E-state index contributed by atoms with van der Waals surface area (Å²) in [5.41, 5.74) is 3.86. The number of imidazole rings is 1. The zero-order valence-electron chi connectivity index (χ0n) is 14.7. The van der Waals surface area contributed by atoms with Gasteiger partial charge in [-0.3, -0.25) is 4.40 Å². The highest BCUT2D eigenvalue weighted by Gasteiger charge is 2.41. The lowest BCUT2D eigenvalue weighted by molar-refractivity contribution is 0.457. The molecule has 2 saturated carbocycles. The Balaban J connectivity index is 1.50. The normalized spacial score (nSPS) is 26.9. The van der Waals surface area contributed by atoms with Crippen LogP contribution in [0.2, 0.25) is 0 Å². The van der Waals surface area contributed by atoms with Crippen LogP contribution in [0.1, 0.15) is 50.6 Å². The zero-order valence-corrected chi connectivity index (χ0v) is 15.5. The van der Waals surface area contributed by atoms with Crippen LogP contribution in [0.5, 0.6) is 0 Å². The molecule has 7 nitrogen and oxygen atoms in total. The van der Waals surface area contributed by atoms with E-state index in [1.54, 1.807) is 6.20 Å². The Kier molecular flexibility index (Phi) is 3.62. The molecule has 0 amide bonds. The van der Waals surface area contributed by atoms with Crippen LogP contribution in [-0.2, 0) is 10.0 Å². The van der Waals surface area contributed by atoms with Crippen molar-refractivity contribution >= 4 is 26.8 Å². The van der Waals surface area contributed by atoms with Gasteiger partial charge in [0.05, 0.1) is 17.0 Å². The molecule has 3 aromatic heterocycles. The van der Waals surface area contributed by atoms with Gasteiger partial charge in [0.15, 0.2) is 11.3 Å². The van der Waals surface area contributed by atoms with Crippen molar-refractivity contribution in [2.45, 2.75) is 56.2 Å². The number of aromatic amines is 1. The summed E-state index contributed by atoms with van der Waals surface area (Å²) in [6.45, 7) is 2.19. The molecule has 0 spiro atoms. The molecule has 0 unspecified atom stereocenters. The Morgan fingerprint density at radius 1 is 1.27 bits per heavy atom. The van der Waals surface area contributed by atoms with Gasteiger partial charge < -0.3 is 4.98 Å². The van der Waals surface area contributed by atoms with Crippen LogP contribution in [0.3, 0.4) is 0 Å². The second-order valence-electron chi connectivity index (χ2n) is 7.65. The highest BCUT2D eigenvalue weighted by atomic mass is 32.2. The Bertz CT molecular complexity index is 1070. The first-order valence-electron chi connectivity index (χ1n) is 9.37. The fourth-order valence-electron chi connectivity index (χ4n) is 4.50. The second kappa shape index (κ2) is 5.79. The summed E-state index contributed by atoms with van der Waals surface area (Å²) in [6, 6.07) is 2.04. The summed E-state index contributed by atoms with van der Waals surface area (Å²) in [4.78, 5) is 12.1. The molecule has 3 heterocycles. The van der Waals surface area contributed by atoms with E-state index in [1.807, 2.05) is 18.5 Å². The summed E-state index contributed by atoms with van der Waals surface area (Å²) in [7, 11) is -3.15. The molecule has 0 aromatic carbocycles. The van der Waals surface area contributed by atoms with Crippen molar-refractivity contribution in [3.8, 4) is 0 Å². The molecular weight excluding hydrogens is 350 g/mol. The van der Waals surface area contributed by atoms with Gasteiger partial charge in [0.2, 0.25) is 10.0 Å². The Morgan fingerprint density at radius 3 is 2.88 bits per heavy atom. The van der Waals surface area contributed by atoms with E-state index in [0.29, 0.717) is 11.8 Å². The van der Waals surface area contributed by atoms with Crippen molar-refractivity contribution in [1.29, 1.82) is 0 Å². The first kappa shape index (κ1) is 16.3. The van der Waals surface area contributed by atoms with Crippen molar-refractivity contribution in [3.63, 3.8) is 0 Å². The second-order valence-corrected chi connectivity index (χ2v) is 9.64. The number of sulfonamides is 1. The predicted molar refractivity (Wildman–Crippen MR) is 99.5 cm³/mol. The van der Waals surface area contributed by atoms with E-state index in [9.17, 15) is 8.42 Å². The molecule has 2 N–H and O–H groups in total. The molecular formula is C18H23N5O2S. The first-order chi connectivity index (χ1) is 12.6. The first-order valence-corrected chi connectivity index (χ1v) is 10.9. The summed E-state index contributed by atoms with van der Waals surface area (Å²) < 4.78 is 29.8. The summed E-state index contributed by atoms with van der Waals surface area (Å²) in [5.74, 6) is 0.742. The van der Waals surface area contributed by atoms with Gasteiger partial charge in [-0.1, -0.05) is 13.3 Å². The maximum Gasteiger partial charge on any atom is 0.214 e. The fourth-order valence-corrected chi connectivity index (χ4v) is 6.10. The molecule has 26 heavy (non-hydrogen) atoms. The van der Waals surface area contributed by atoms with Crippen LogP contribution < -0.4 is 4.72 Å². The molecule has 2 fully saturated rings. The SMILES string of the molecule is CC[C@H]1C[C@@H](NS(=O)(=O)C2CC2)C[C@H]1c1cnc2cnc3[nH]ccc3n12. The van der Waals surface area contributed by atoms with Gasteiger partial charge >= 0.3 is 0 Å². The molecule has 5 rings (SSSR count). The van der Waals surface area contributed by atoms with Gasteiger partial charge in [0, 0.05) is 30.0 Å². The Hall–Kier alpha value is -1.93. The number of hydrogen-bond donors (Lipinski definition) is 2. The Morgan fingerprint density at radius 2 is 2.12 bits per heavy atom. The van der Waals surface area contributed by atoms with Crippen LogP contribution >= 0.6 is 0 Å². The van der Waals surface area contributed by atoms with Gasteiger partial charge in [-0.05, 0) is 37.7 Å². The molecule has 3 atom stereocenters. The Labute approximate surface area is 152 Å². The molecule has 0 radical (unpaired) electrons. The van der Waals surface area contributed by atoms with Gasteiger partial charge in [-0.2, -0.15) is 0 Å². The number of fused-ring (bicyclic) bond motifs is 3. The van der Waals surface area contributed by atoms with Crippen molar-refractivity contribution < 1.29 is 8.42 Å². The van der Waals surface area contributed by atoms with Crippen LogP contribution in [-0.4, -0.2) is 39.1 Å². The van der Waals surface area contributed by atoms with Crippen molar-refractivity contribution in [1.82, 2.24) is 24.1 Å². The number of hydrogen-bond acceptors (Lipinski definition) is 4. The molecule has 0 saturated heterocycles. The summed E-state index contributed by atoms with van der Waals surface area (Å²) in [5, 5.41) is -0.164. The third kappa shape index (κ3) is 2.54. The average Bonchev–Trinajstić information content (AvgIpc) is 3.06. The predicted octanol–water partition coefficient (Wildman–Crippen LogP) is 2.56. The quantitative estimate of drug-likeness (QED) is 0.719. The van der Waals surface area contributed by atoms with Gasteiger partial charge in [-0.25, -0.2) is 23.1 Å². The van der Waals surface area contributed by atoms with Crippen molar-refractivity contribution in [2.75, 3.05) is 0 Å². The molecule has 2 aliphatic carbocycles. The number of H-pyrrole nitrogens is 1. The van der Waals surface area contributed by atoms with Crippen LogP contribution in [0.15, 0.2) is 24.7 Å².